The maximum absolute atomic E-state index is 13.4. The molecule has 0 aliphatic carbocycles. The number of hydrogen-bond donors (Lipinski definition) is 1. The molecular weight excluding hydrogens is 252 g/mol. The molecule has 1 aromatic carbocycles. The van der Waals surface area contributed by atoms with Gasteiger partial charge in [-0.15, -0.1) is 0 Å². The standard InChI is InChI=1S/C10H11F2NO3S/c11-8-2-1-3-9(12)10(8)17(15,16)13-5-4-7(14)6-13/h1-3,7,14H,4-6H2/t7-/m0/s1. The second-order valence-electron chi connectivity index (χ2n) is 3.86. The van der Waals surface area contributed by atoms with Crippen LogP contribution in [0, 0.1) is 11.6 Å². The van der Waals surface area contributed by atoms with Crippen molar-refractivity contribution in [1.29, 1.82) is 0 Å². The second-order valence-corrected chi connectivity index (χ2v) is 5.73. The highest BCUT2D eigenvalue weighted by molar-refractivity contribution is 7.89. The molecule has 0 aromatic heterocycles. The second kappa shape index (κ2) is 4.32. The summed E-state index contributed by atoms with van der Waals surface area (Å²) in [5.74, 6) is -2.24. The molecule has 94 valence electrons. The van der Waals surface area contributed by atoms with Crippen LogP contribution < -0.4 is 0 Å². The van der Waals surface area contributed by atoms with E-state index < -0.39 is 32.7 Å². The van der Waals surface area contributed by atoms with Gasteiger partial charge < -0.3 is 5.11 Å². The lowest BCUT2D eigenvalue weighted by Gasteiger charge is -2.16. The van der Waals surface area contributed by atoms with Gasteiger partial charge in [-0.2, -0.15) is 4.31 Å². The Balaban J connectivity index is 2.45. The van der Waals surface area contributed by atoms with Crippen LogP contribution in [0.3, 0.4) is 0 Å². The fraction of sp³-hybridized carbons (Fsp3) is 0.400. The van der Waals surface area contributed by atoms with Gasteiger partial charge in [0.15, 0.2) is 4.90 Å². The average molecular weight is 263 g/mol. The van der Waals surface area contributed by atoms with Crippen LogP contribution in [0.4, 0.5) is 8.78 Å². The van der Waals surface area contributed by atoms with Crippen molar-refractivity contribution in [3.8, 4) is 0 Å². The summed E-state index contributed by atoms with van der Waals surface area (Å²) in [6, 6.07) is 2.88. The first kappa shape index (κ1) is 12.4. The van der Waals surface area contributed by atoms with Crippen LogP contribution in [0.1, 0.15) is 6.42 Å². The largest absolute Gasteiger partial charge is 0.392 e. The number of benzene rings is 1. The quantitative estimate of drug-likeness (QED) is 0.855. The number of aliphatic hydroxyl groups excluding tert-OH is 1. The number of β-amino-alcohol motifs (C(OH)–C–C–N with tert-alkyl or cyclic N) is 1. The Morgan fingerprint density at radius 1 is 1.29 bits per heavy atom. The van der Waals surface area contributed by atoms with Crippen molar-refractivity contribution in [2.24, 2.45) is 0 Å². The third-order valence-corrected chi connectivity index (χ3v) is 4.56. The van der Waals surface area contributed by atoms with Crippen molar-refractivity contribution in [2.75, 3.05) is 13.1 Å². The summed E-state index contributed by atoms with van der Waals surface area (Å²) < 4.78 is 51.6. The van der Waals surface area contributed by atoms with E-state index in [4.69, 9.17) is 0 Å². The molecule has 0 spiro atoms. The number of hydrogen-bond acceptors (Lipinski definition) is 3. The molecule has 1 aromatic rings. The van der Waals surface area contributed by atoms with E-state index >= 15 is 0 Å². The Morgan fingerprint density at radius 2 is 1.88 bits per heavy atom. The first-order valence-corrected chi connectivity index (χ1v) is 6.49. The first-order chi connectivity index (χ1) is 7.93. The van der Waals surface area contributed by atoms with Crippen molar-refractivity contribution in [1.82, 2.24) is 4.31 Å². The summed E-state index contributed by atoms with van der Waals surface area (Å²) in [6.07, 6.45) is -0.505. The van der Waals surface area contributed by atoms with Gasteiger partial charge in [-0.3, -0.25) is 0 Å². The van der Waals surface area contributed by atoms with Crippen molar-refractivity contribution in [2.45, 2.75) is 17.4 Å². The van der Waals surface area contributed by atoms with Crippen LogP contribution in [0.2, 0.25) is 0 Å². The lowest BCUT2D eigenvalue weighted by molar-refractivity contribution is 0.189. The number of sulfonamides is 1. The molecule has 1 aliphatic heterocycles. The number of aliphatic hydroxyl groups is 1. The lowest BCUT2D eigenvalue weighted by atomic mass is 10.3. The first-order valence-electron chi connectivity index (χ1n) is 5.05. The lowest BCUT2D eigenvalue weighted by Crippen LogP contribution is -2.31. The SMILES string of the molecule is O=S(=O)(c1c(F)cccc1F)N1CC[C@H](O)C1. The zero-order chi connectivity index (χ0) is 12.6. The molecule has 1 fully saturated rings. The Bertz CT molecular complexity index is 512. The topological polar surface area (TPSA) is 57.6 Å². The minimum absolute atomic E-state index is 0.0667. The molecule has 4 nitrogen and oxygen atoms in total. The Labute approximate surface area is 97.5 Å². The van der Waals surface area contributed by atoms with E-state index in [-0.39, 0.29) is 19.5 Å². The van der Waals surface area contributed by atoms with Gasteiger partial charge in [-0.25, -0.2) is 17.2 Å². The average Bonchev–Trinajstić information content (AvgIpc) is 2.64. The molecule has 0 amide bonds. The summed E-state index contributed by atoms with van der Waals surface area (Å²) >= 11 is 0. The molecular formula is C10H11F2NO3S. The van der Waals surface area contributed by atoms with Crippen molar-refractivity contribution >= 4 is 10.0 Å². The molecule has 0 radical (unpaired) electrons. The van der Waals surface area contributed by atoms with Crippen LogP contribution in [-0.2, 0) is 10.0 Å². The molecule has 0 saturated carbocycles. The zero-order valence-corrected chi connectivity index (χ0v) is 9.62. The van der Waals surface area contributed by atoms with Crippen LogP contribution in [0.25, 0.3) is 0 Å². The van der Waals surface area contributed by atoms with E-state index in [2.05, 4.69) is 0 Å². The van der Waals surface area contributed by atoms with Gasteiger partial charge in [0.1, 0.15) is 11.6 Å². The van der Waals surface area contributed by atoms with Gasteiger partial charge in [0, 0.05) is 13.1 Å². The van der Waals surface area contributed by atoms with Crippen LogP contribution in [0.5, 0.6) is 0 Å². The normalized spacial score (nSPS) is 21.9. The van der Waals surface area contributed by atoms with Crippen LogP contribution in [0.15, 0.2) is 23.1 Å². The third kappa shape index (κ3) is 2.18. The van der Waals surface area contributed by atoms with Gasteiger partial charge in [0.25, 0.3) is 0 Å². The van der Waals surface area contributed by atoms with E-state index in [1.165, 1.54) is 0 Å². The molecule has 7 heteroatoms. The highest BCUT2D eigenvalue weighted by Gasteiger charge is 2.35. The maximum atomic E-state index is 13.4. The Hall–Kier alpha value is -1.05. The fourth-order valence-corrected chi connectivity index (χ4v) is 3.39. The predicted molar refractivity (Wildman–Crippen MR) is 55.7 cm³/mol. The molecule has 1 N–H and O–H groups in total. The molecule has 2 rings (SSSR count). The van der Waals surface area contributed by atoms with Crippen molar-refractivity contribution < 1.29 is 22.3 Å². The van der Waals surface area contributed by atoms with E-state index in [1.807, 2.05) is 0 Å². The van der Waals surface area contributed by atoms with E-state index in [1.54, 1.807) is 0 Å². The highest BCUT2D eigenvalue weighted by Crippen LogP contribution is 2.25. The zero-order valence-electron chi connectivity index (χ0n) is 8.81. The number of rotatable bonds is 2. The molecule has 17 heavy (non-hydrogen) atoms. The van der Waals surface area contributed by atoms with E-state index in [9.17, 15) is 22.3 Å². The van der Waals surface area contributed by atoms with Gasteiger partial charge in [-0.05, 0) is 18.6 Å². The van der Waals surface area contributed by atoms with Crippen LogP contribution in [-0.4, -0.2) is 37.0 Å². The molecule has 0 bridgehead atoms. The maximum Gasteiger partial charge on any atom is 0.249 e. The monoisotopic (exact) mass is 263 g/mol. The molecule has 1 atom stereocenters. The van der Waals surface area contributed by atoms with E-state index in [0.717, 1.165) is 22.5 Å². The highest BCUT2D eigenvalue weighted by atomic mass is 32.2. The summed E-state index contributed by atoms with van der Waals surface area (Å²) in [6.45, 7) is -0.0621. The molecule has 1 heterocycles. The summed E-state index contributed by atoms with van der Waals surface area (Å²) in [5, 5.41) is 9.25. The minimum atomic E-state index is -4.21. The van der Waals surface area contributed by atoms with Gasteiger partial charge in [0.05, 0.1) is 6.10 Å². The fourth-order valence-electron chi connectivity index (χ4n) is 1.79. The van der Waals surface area contributed by atoms with Gasteiger partial charge in [-0.1, -0.05) is 6.07 Å². The Kier molecular flexibility index (Phi) is 3.15. The summed E-state index contributed by atoms with van der Waals surface area (Å²) in [5.41, 5.74) is 0. The van der Waals surface area contributed by atoms with E-state index in [0.29, 0.717) is 0 Å². The third-order valence-electron chi connectivity index (χ3n) is 2.64. The Morgan fingerprint density at radius 3 is 2.35 bits per heavy atom. The summed E-state index contributed by atoms with van der Waals surface area (Å²) in [7, 11) is -4.21. The van der Waals surface area contributed by atoms with Crippen LogP contribution >= 0.6 is 0 Å². The predicted octanol–water partition coefficient (Wildman–Crippen LogP) is 0.720. The smallest absolute Gasteiger partial charge is 0.249 e. The number of nitrogens with zero attached hydrogens (tertiary/aromatic N) is 1. The van der Waals surface area contributed by atoms with Crippen molar-refractivity contribution in [3.63, 3.8) is 0 Å². The van der Waals surface area contributed by atoms with Gasteiger partial charge in [0.2, 0.25) is 10.0 Å². The molecule has 0 unspecified atom stereocenters. The molecule has 1 aliphatic rings. The van der Waals surface area contributed by atoms with Gasteiger partial charge >= 0.3 is 0 Å². The van der Waals surface area contributed by atoms with Crippen molar-refractivity contribution in [3.05, 3.63) is 29.8 Å². The summed E-state index contributed by atoms with van der Waals surface area (Å²) in [4.78, 5) is -0.950. The molecule has 1 saturated heterocycles. The number of halogens is 2. The minimum Gasteiger partial charge on any atom is -0.392 e.